The molecule has 0 amide bonds. The largest absolute Gasteiger partial charge is 0.432 e. The average Bonchev–Trinajstić information content (AvgIpc) is 3.23. The van der Waals surface area contributed by atoms with E-state index in [1.165, 1.54) is 12.1 Å². The Morgan fingerprint density at radius 2 is 1.96 bits per heavy atom. The van der Waals surface area contributed by atoms with E-state index in [0.29, 0.717) is 23.2 Å². The molecule has 138 valence electrons. The topological polar surface area (TPSA) is 52.8 Å². The lowest BCUT2D eigenvalue weighted by atomic mass is 10.1. The van der Waals surface area contributed by atoms with Crippen LogP contribution in [0.25, 0.3) is 22.2 Å². The number of hydrogen-bond acceptors (Lipinski definition) is 5. The molecule has 27 heavy (non-hydrogen) atoms. The molecule has 9 heteroatoms. The Kier molecular flexibility index (Phi) is 4.53. The van der Waals surface area contributed by atoms with Crippen molar-refractivity contribution in [3.8, 4) is 16.9 Å². The molecule has 5 nitrogen and oxygen atoms in total. The highest BCUT2D eigenvalue weighted by atomic mass is 32.1. The fraction of sp³-hybridized carbons (Fsp3) is 0.167. The minimum Gasteiger partial charge on any atom is -0.432 e. The molecular weight excluding hydrogens is 377 g/mol. The Bertz CT molecular complexity index is 1110. The minimum atomic E-state index is -3.10. The maximum Gasteiger partial charge on any atom is 0.387 e. The highest BCUT2D eigenvalue weighted by Gasteiger charge is 2.13. The van der Waals surface area contributed by atoms with E-state index in [2.05, 4.69) is 19.8 Å². The van der Waals surface area contributed by atoms with Crippen LogP contribution >= 0.6 is 11.3 Å². The summed E-state index contributed by atoms with van der Waals surface area (Å²) in [5.41, 5.74) is 2.61. The molecule has 3 aromatic heterocycles. The van der Waals surface area contributed by atoms with Gasteiger partial charge in [-0.15, -0.1) is 11.3 Å². The smallest absolute Gasteiger partial charge is 0.387 e. The maximum absolute atomic E-state index is 13.7. The van der Waals surface area contributed by atoms with Gasteiger partial charge >= 0.3 is 6.61 Å². The van der Waals surface area contributed by atoms with Crippen LogP contribution in [0.3, 0.4) is 0 Å². The third-order valence-electron chi connectivity index (χ3n) is 3.93. The number of nitrogens with zero attached hydrogens (tertiary/aromatic N) is 4. The Hall–Kier alpha value is -2.94. The van der Waals surface area contributed by atoms with Gasteiger partial charge in [0.1, 0.15) is 10.5 Å². The first-order valence-corrected chi connectivity index (χ1v) is 8.79. The Morgan fingerprint density at radius 1 is 1.11 bits per heavy atom. The number of halogens is 3. The van der Waals surface area contributed by atoms with Gasteiger partial charge in [-0.1, -0.05) is 6.07 Å². The number of thiazole rings is 1. The van der Waals surface area contributed by atoms with Crippen LogP contribution in [0.4, 0.5) is 13.2 Å². The molecule has 0 bridgehead atoms. The van der Waals surface area contributed by atoms with Gasteiger partial charge in [0.05, 0.1) is 18.3 Å². The Balaban J connectivity index is 1.72. The molecule has 0 radical (unpaired) electrons. The van der Waals surface area contributed by atoms with Crippen LogP contribution in [0.2, 0.25) is 0 Å². The van der Waals surface area contributed by atoms with Crippen molar-refractivity contribution in [1.82, 2.24) is 19.7 Å². The monoisotopic (exact) mass is 390 g/mol. The number of pyridine rings is 1. The second-order valence-corrected chi connectivity index (χ2v) is 7.14. The summed E-state index contributed by atoms with van der Waals surface area (Å²) in [5.74, 6) is -1.35. The molecule has 0 saturated carbocycles. The zero-order chi connectivity index (χ0) is 19.0. The molecule has 3 heterocycles. The number of rotatable bonds is 5. The van der Waals surface area contributed by atoms with Crippen molar-refractivity contribution >= 4 is 22.4 Å². The standard InChI is InChI=1S/C18H13F3N4OS/c1-10-6-23-17(27-10)9-25-15-4-12(7-22-14(15)8-24-25)11-2-3-13(19)16(5-11)26-18(20)21/h2-8,18H,9H2,1H3. The van der Waals surface area contributed by atoms with Crippen molar-refractivity contribution in [3.63, 3.8) is 0 Å². The summed E-state index contributed by atoms with van der Waals surface area (Å²) in [6, 6.07) is 5.64. The normalized spacial score (nSPS) is 11.4. The molecule has 4 aromatic rings. The zero-order valence-corrected chi connectivity index (χ0v) is 14.9. The van der Waals surface area contributed by atoms with Gasteiger partial charge in [0.25, 0.3) is 0 Å². The first-order chi connectivity index (χ1) is 13.0. The molecule has 0 atom stereocenters. The Morgan fingerprint density at radius 3 is 2.70 bits per heavy atom. The van der Waals surface area contributed by atoms with Gasteiger partial charge in [0.2, 0.25) is 0 Å². The summed E-state index contributed by atoms with van der Waals surface area (Å²) in [6.07, 6.45) is 5.04. The van der Waals surface area contributed by atoms with Gasteiger partial charge in [-0.2, -0.15) is 13.9 Å². The molecule has 0 spiro atoms. The molecule has 0 N–H and O–H groups in total. The zero-order valence-electron chi connectivity index (χ0n) is 14.1. The predicted molar refractivity (Wildman–Crippen MR) is 95.5 cm³/mol. The van der Waals surface area contributed by atoms with Crippen LogP contribution in [0.15, 0.2) is 42.9 Å². The van der Waals surface area contributed by atoms with E-state index in [0.717, 1.165) is 21.5 Å². The van der Waals surface area contributed by atoms with Crippen molar-refractivity contribution in [2.24, 2.45) is 0 Å². The lowest BCUT2D eigenvalue weighted by Gasteiger charge is -2.09. The summed E-state index contributed by atoms with van der Waals surface area (Å²) >= 11 is 1.58. The Labute approximate surface area is 156 Å². The molecule has 0 fully saturated rings. The van der Waals surface area contributed by atoms with Crippen LogP contribution in [0.1, 0.15) is 9.88 Å². The third kappa shape index (κ3) is 3.63. The number of ether oxygens (including phenoxy) is 1. The van der Waals surface area contributed by atoms with Crippen molar-refractivity contribution < 1.29 is 17.9 Å². The SMILES string of the molecule is Cc1cnc(Cn2ncc3ncc(-c4ccc(F)c(OC(F)F)c4)cc32)s1. The van der Waals surface area contributed by atoms with Gasteiger partial charge in [-0.25, -0.2) is 9.37 Å². The van der Waals surface area contributed by atoms with E-state index in [1.807, 2.05) is 13.0 Å². The van der Waals surface area contributed by atoms with Crippen LogP contribution in [0, 0.1) is 12.7 Å². The van der Waals surface area contributed by atoms with E-state index in [4.69, 9.17) is 0 Å². The maximum atomic E-state index is 13.7. The van der Waals surface area contributed by atoms with Crippen LogP contribution in [-0.4, -0.2) is 26.4 Å². The number of alkyl halides is 2. The fourth-order valence-electron chi connectivity index (χ4n) is 2.71. The van der Waals surface area contributed by atoms with E-state index >= 15 is 0 Å². The first-order valence-electron chi connectivity index (χ1n) is 7.97. The first kappa shape index (κ1) is 17.5. The van der Waals surface area contributed by atoms with Crippen molar-refractivity contribution in [2.45, 2.75) is 20.1 Å². The molecule has 0 aliphatic rings. The van der Waals surface area contributed by atoms with Gasteiger partial charge in [0, 0.05) is 22.8 Å². The number of aryl methyl sites for hydroxylation is 1. The number of aromatic nitrogens is 4. The van der Waals surface area contributed by atoms with E-state index in [9.17, 15) is 13.2 Å². The molecule has 0 saturated heterocycles. The van der Waals surface area contributed by atoms with E-state index < -0.39 is 18.2 Å². The van der Waals surface area contributed by atoms with Crippen molar-refractivity contribution in [2.75, 3.05) is 0 Å². The predicted octanol–water partition coefficient (Wildman–Crippen LogP) is 4.65. The van der Waals surface area contributed by atoms with Crippen molar-refractivity contribution in [1.29, 1.82) is 0 Å². The molecule has 1 aromatic carbocycles. The highest BCUT2D eigenvalue weighted by Crippen LogP contribution is 2.29. The number of fused-ring (bicyclic) bond motifs is 1. The lowest BCUT2D eigenvalue weighted by molar-refractivity contribution is -0.0521. The minimum absolute atomic E-state index is 0.496. The van der Waals surface area contributed by atoms with Crippen LogP contribution in [0.5, 0.6) is 5.75 Å². The second-order valence-electron chi connectivity index (χ2n) is 5.82. The van der Waals surface area contributed by atoms with Crippen LogP contribution in [-0.2, 0) is 6.54 Å². The van der Waals surface area contributed by atoms with Gasteiger partial charge in [-0.3, -0.25) is 9.67 Å². The van der Waals surface area contributed by atoms with Gasteiger partial charge in [0.15, 0.2) is 11.6 Å². The molecule has 0 unspecified atom stereocenters. The van der Waals surface area contributed by atoms with Crippen molar-refractivity contribution in [3.05, 3.63) is 58.6 Å². The van der Waals surface area contributed by atoms with Gasteiger partial charge in [-0.05, 0) is 30.7 Å². The summed E-state index contributed by atoms with van der Waals surface area (Å²) < 4.78 is 44.6. The quantitative estimate of drug-likeness (QED) is 0.498. The highest BCUT2D eigenvalue weighted by molar-refractivity contribution is 7.11. The lowest BCUT2D eigenvalue weighted by Crippen LogP contribution is -2.03. The summed E-state index contributed by atoms with van der Waals surface area (Å²) in [5, 5.41) is 5.26. The third-order valence-corrected chi connectivity index (χ3v) is 4.83. The summed E-state index contributed by atoms with van der Waals surface area (Å²) in [4.78, 5) is 9.80. The summed E-state index contributed by atoms with van der Waals surface area (Å²) in [7, 11) is 0. The molecule has 0 aliphatic heterocycles. The molecule has 4 rings (SSSR count). The van der Waals surface area contributed by atoms with E-state index in [1.54, 1.807) is 34.6 Å². The number of benzene rings is 1. The second kappa shape index (κ2) is 6.99. The average molecular weight is 390 g/mol. The molecule has 0 aliphatic carbocycles. The molecular formula is C18H13F3N4OS. The van der Waals surface area contributed by atoms with Gasteiger partial charge < -0.3 is 4.74 Å². The van der Waals surface area contributed by atoms with Crippen LogP contribution < -0.4 is 4.74 Å². The summed E-state index contributed by atoms with van der Waals surface area (Å²) in [6.45, 7) is -0.620. The fourth-order valence-corrected chi connectivity index (χ4v) is 3.48. The number of hydrogen-bond donors (Lipinski definition) is 0. The van der Waals surface area contributed by atoms with E-state index in [-0.39, 0.29) is 0 Å².